The number of aromatic nitrogens is 1. The zero-order chi connectivity index (χ0) is 26.2. The summed E-state index contributed by atoms with van der Waals surface area (Å²) in [7, 11) is -4.15. The summed E-state index contributed by atoms with van der Waals surface area (Å²) >= 11 is 0.799. The first kappa shape index (κ1) is 25.4. The monoisotopic (exact) mass is 539 g/mol. The summed E-state index contributed by atoms with van der Waals surface area (Å²) in [6.07, 6.45) is 0.380. The molecule has 0 aliphatic rings. The predicted molar refractivity (Wildman–Crippen MR) is 122 cm³/mol. The molecule has 0 radical (unpaired) electrons. The number of benzene rings is 2. The molecule has 4 rings (SSSR count). The minimum atomic E-state index is -4.15. The summed E-state index contributed by atoms with van der Waals surface area (Å²) in [4.78, 5) is 14.4. The number of carboxylic acid groups (broad SMARTS) is 1. The number of halogens is 5. The Bertz CT molecular complexity index is 1650. The van der Waals surface area contributed by atoms with Crippen LogP contribution in [0.15, 0.2) is 46.8 Å². The van der Waals surface area contributed by atoms with Gasteiger partial charge in [0.05, 0.1) is 22.1 Å². The van der Waals surface area contributed by atoms with Crippen LogP contribution in [0.2, 0.25) is 0 Å². The highest BCUT2D eigenvalue weighted by Gasteiger charge is 2.31. The smallest absolute Gasteiger partial charge is 0.307 e. The number of rotatable bonds is 6. The van der Waals surface area contributed by atoms with E-state index >= 15 is 0 Å². The van der Waals surface area contributed by atoms with Crippen molar-refractivity contribution in [3.8, 4) is 11.8 Å². The highest BCUT2D eigenvalue weighted by molar-refractivity contribution is 7.93. The van der Waals surface area contributed by atoms with Crippen molar-refractivity contribution in [3.63, 3.8) is 0 Å². The summed E-state index contributed by atoms with van der Waals surface area (Å²) in [6, 6.07) is 8.03. The molecule has 0 aliphatic heterocycles. The van der Waals surface area contributed by atoms with Gasteiger partial charge in [-0.25, -0.2) is 30.4 Å². The minimum absolute atomic E-state index is 0.165. The molecule has 0 bridgehead atoms. The van der Waals surface area contributed by atoms with Gasteiger partial charge in [0.25, 0.3) is 0 Å². The van der Waals surface area contributed by atoms with E-state index in [1.165, 1.54) is 36.4 Å². The Hall–Kier alpha value is -3.69. The number of nitrogens with one attached hydrogen (secondary N) is 1. The maximum absolute atomic E-state index is 14.3. The number of fused-ring (bicyclic) bond motifs is 1. The standard InChI is InChI=1S/C24H14F5NO4S2/c25-15-4-1-12(2-5-15)3-6-16-7-8-17(35-16)36(33,34)11-14(24(31)32)9-13-10-30-23-18(13)19(26)20(27)21(28)22(23)29/h1-2,4-5,7-8,10,14,30H,9,11H2,(H,31,32)/t14-/m0/s1. The molecule has 5 nitrogen and oxygen atoms in total. The van der Waals surface area contributed by atoms with E-state index in [1.807, 2.05) is 0 Å². The molecule has 0 fully saturated rings. The van der Waals surface area contributed by atoms with Gasteiger partial charge in [0.2, 0.25) is 0 Å². The number of hydrogen-bond donors (Lipinski definition) is 2. The molecule has 12 heteroatoms. The van der Waals surface area contributed by atoms with Crippen LogP contribution in [-0.4, -0.2) is 30.2 Å². The molecule has 0 unspecified atom stereocenters. The molecule has 4 aromatic rings. The first-order valence-corrected chi connectivity index (χ1v) is 12.6. The van der Waals surface area contributed by atoms with E-state index in [0.717, 1.165) is 17.5 Å². The summed E-state index contributed by atoms with van der Waals surface area (Å²) in [5.74, 6) is -6.46. The van der Waals surface area contributed by atoms with E-state index in [0.29, 0.717) is 10.4 Å². The number of aromatic amines is 1. The van der Waals surface area contributed by atoms with Crippen molar-refractivity contribution >= 4 is 38.0 Å². The molecular weight excluding hydrogens is 525 g/mol. The molecule has 2 aromatic carbocycles. The Labute approximate surface area is 205 Å². The van der Waals surface area contributed by atoms with Gasteiger partial charge in [0, 0.05) is 17.1 Å². The van der Waals surface area contributed by atoms with E-state index in [9.17, 15) is 40.3 Å². The number of thiophene rings is 1. The summed E-state index contributed by atoms with van der Waals surface area (Å²) < 4.78 is 94.1. The van der Waals surface area contributed by atoms with Gasteiger partial charge >= 0.3 is 5.97 Å². The van der Waals surface area contributed by atoms with Gasteiger partial charge < -0.3 is 10.1 Å². The van der Waals surface area contributed by atoms with E-state index < -0.39 is 73.9 Å². The molecule has 0 saturated carbocycles. The van der Waals surface area contributed by atoms with Crippen molar-refractivity contribution < 1.29 is 40.3 Å². The second kappa shape index (κ2) is 9.75. The molecule has 1 atom stereocenters. The Balaban J connectivity index is 1.58. The lowest BCUT2D eigenvalue weighted by Gasteiger charge is -2.12. The van der Waals surface area contributed by atoms with Gasteiger partial charge in [-0.05, 0) is 48.4 Å². The van der Waals surface area contributed by atoms with Gasteiger partial charge in [-0.2, -0.15) is 0 Å². The first-order chi connectivity index (χ1) is 17.0. The molecular formula is C24H14F5NO4S2. The zero-order valence-electron chi connectivity index (χ0n) is 17.9. The van der Waals surface area contributed by atoms with Crippen LogP contribution in [-0.2, 0) is 21.1 Å². The van der Waals surface area contributed by atoms with Crippen LogP contribution in [0.4, 0.5) is 22.0 Å². The third-order valence-corrected chi connectivity index (χ3v) is 8.67. The maximum atomic E-state index is 14.3. The molecule has 0 aliphatic carbocycles. The fourth-order valence-corrected chi connectivity index (χ4v) is 6.31. The zero-order valence-corrected chi connectivity index (χ0v) is 19.5. The number of carboxylic acids is 1. The minimum Gasteiger partial charge on any atom is -0.481 e. The van der Waals surface area contributed by atoms with Crippen molar-refractivity contribution in [2.24, 2.45) is 5.92 Å². The van der Waals surface area contributed by atoms with E-state index in [4.69, 9.17) is 0 Å². The number of carbonyl (C=O) groups is 1. The molecule has 36 heavy (non-hydrogen) atoms. The van der Waals surface area contributed by atoms with Crippen LogP contribution in [0.3, 0.4) is 0 Å². The van der Waals surface area contributed by atoms with E-state index in [1.54, 1.807) is 0 Å². The van der Waals surface area contributed by atoms with Crippen LogP contribution in [0.5, 0.6) is 0 Å². The van der Waals surface area contributed by atoms with Gasteiger partial charge in [-0.1, -0.05) is 11.8 Å². The molecule has 2 N–H and O–H groups in total. The molecule has 0 spiro atoms. The predicted octanol–water partition coefficient (Wildman–Crippen LogP) is 5.04. The van der Waals surface area contributed by atoms with Gasteiger partial charge in [-0.3, -0.25) is 4.79 Å². The third-order valence-electron chi connectivity index (χ3n) is 5.28. The van der Waals surface area contributed by atoms with Crippen molar-refractivity contribution in [1.29, 1.82) is 0 Å². The van der Waals surface area contributed by atoms with Crippen LogP contribution >= 0.6 is 11.3 Å². The number of hydrogen-bond acceptors (Lipinski definition) is 4. The summed E-state index contributed by atoms with van der Waals surface area (Å²) in [6.45, 7) is 0. The molecule has 0 saturated heterocycles. The normalized spacial score (nSPS) is 12.4. The fraction of sp³-hybridized carbons (Fsp3) is 0.125. The summed E-state index contributed by atoms with van der Waals surface area (Å²) in [5.41, 5.74) is -0.421. The van der Waals surface area contributed by atoms with Crippen molar-refractivity contribution in [1.82, 2.24) is 4.98 Å². The number of aliphatic carboxylic acids is 1. The van der Waals surface area contributed by atoms with Crippen molar-refractivity contribution in [2.45, 2.75) is 10.6 Å². The molecule has 2 aromatic heterocycles. The van der Waals surface area contributed by atoms with Crippen LogP contribution < -0.4 is 0 Å². The van der Waals surface area contributed by atoms with E-state index in [2.05, 4.69) is 16.8 Å². The summed E-state index contributed by atoms with van der Waals surface area (Å²) in [5, 5.41) is 8.90. The third kappa shape index (κ3) is 4.98. The Morgan fingerprint density at radius 3 is 2.28 bits per heavy atom. The highest BCUT2D eigenvalue weighted by atomic mass is 32.2. The lowest BCUT2D eigenvalue weighted by molar-refractivity contribution is -0.140. The fourth-order valence-electron chi connectivity index (χ4n) is 3.51. The second-order valence-corrected chi connectivity index (χ2v) is 11.1. The van der Waals surface area contributed by atoms with Crippen molar-refractivity contribution in [3.05, 3.63) is 87.7 Å². The molecule has 0 amide bonds. The average Bonchev–Trinajstić information content (AvgIpc) is 3.48. The Kier molecular flexibility index (Phi) is 6.88. The Morgan fingerprint density at radius 2 is 1.61 bits per heavy atom. The van der Waals surface area contributed by atoms with Crippen LogP contribution in [0.25, 0.3) is 10.9 Å². The quantitative estimate of drug-likeness (QED) is 0.156. The topological polar surface area (TPSA) is 87.2 Å². The lowest BCUT2D eigenvalue weighted by atomic mass is 10.00. The first-order valence-electron chi connectivity index (χ1n) is 10.1. The number of sulfone groups is 1. The SMILES string of the molecule is O=C(O)[C@@H](Cc1c[nH]c2c(F)c(F)c(F)c(F)c12)CS(=O)(=O)c1ccc(C#Cc2ccc(F)cc2)s1. The van der Waals surface area contributed by atoms with Gasteiger partial charge in [0.15, 0.2) is 33.1 Å². The lowest BCUT2D eigenvalue weighted by Crippen LogP contribution is -2.25. The number of H-pyrrole nitrogens is 1. The van der Waals surface area contributed by atoms with E-state index in [-0.39, 0.29) is 9.77 Å². The molecule has 186 valence electrons. The Morgan fingerprint density at radius 1 is 0.944 bits per heavy atom. The second-order valence-electron chi connectivity index (χ2n) is 7.72. The maximum Gasteiger partial charge on any atom is 0.307 e. The average molecular weight is 540 g/mol. The van der Waals surface area contributed by atoms with Crippen LogP contribution in [0, 0.1) is 46.8 Å². The van der Waals surface area contributed by atoms with Crippen molar-refractivity contribution in [2.75, 3.05) is 5.75 Å². The largest absolute Gasteiger partial charge is 0.481 e. The highest BCUT2D eigenvalue weighted by Crippen LogP contribution is 2.31. The molecule has 2 heterocycles. The van der Waals surface area contributed by atoms with Gasteiger partial charge in [0.1, 0.15) is 10.0 Å². The van der Waals surface area contributed by atoms with Gasteiger partial charge in [-0.15, -0.1) is 11.3 Å². The van der Waals surface area contributed by atoms with Crippen LogP contribution in [0.1, 0.15) is 16.0 Å².